The molecule has 20 heavy (non-hydrogen) atoms. The lowest BCUT2D eigenvalue weighted by atomic mass is 9.92. The largest absolute Gasteiger partial charge is 0.472 e. The Bertz CT molecular complexity index is 543. The van der Waals surface area contributed by atoms with E-state index in [0.29, 0.717) is 11.5 Å². The summed E-state index contributed by atoms with van der Waals surface area (Å²) in [6, 6.07) is 7.76. The predicted molar refractivity (Wildman–Crippen MR) is 75.3 cm³/mol. The van der Waals surface area contributed by atoms with Crippen molar-refractivity contribution in [3.63, 3.8) is 0 Å². The number of aromatic nitrogens is 1. The van der Waals surface area contributed by atoms with E-state index >= 15 is 0 Å². The highest BCUT2D eigenvalue weighted by atomic mass is 16.3. The second kappa shape index (κ2) is 5.90. The Balaban J connectivity index is 1.53. The number of carbonyl (C=O) groups is 1. The Hall–Kier alpha value is -2.10. The summed E-state index contributed by atoms with van der Waals surface area (Å²) in [7, 11) is 0. The fourth-order valence-corrected chi connectivity index (χ4v) is 2.72. The first-order valence-corrected chi connectivity index (χ1v) is 7.04. The van der Waals surface area contributed by atoms with Crippen LogP contribution < -0.4 is 0 Å². The maximum atomic E-state index is 12.2. The molecule has 104 valence electrons. The SMILES string of the molecule is O=C(c1ccoc1)N1CCC(Cc2ccccn2)CC1. The van der Waals surface area contributed by atoms with Crippen molar-refractivity contribution in [2.75, 3.05) is 13.1 Å². The molecule has 0 radical (unpaired) electrons. The number of hydrogen-bond donors (Lipinski definition) is 0. The van der Waals surface area contributed by atoms with Crippen molar-refractivity contribution in [1.29, 1.82) is 0 Å². The van der Waals surface area contributed by atoms with Gasteiger partial charge in [0, 0.05) is 25.0 Å². The fraction of sp³-hybridized carbons (Fsp3) is 0.375. The van der Waals surface area contributed by atoms with Crippen LogP contribution in [-0.4, -0.2) is 28.9 Å². The third kappa shape index (κ3) is 2.90. The van der Waals surface area contributed by atoms with Crippen LogP contribution in [0.4, 0.5) is 0 Å². The maximum absolute atomic E-state index is 12.2. The van der Waals surface area contributed by atoms with Gasteiger partial charge in [-0.25, -0.2) is 0 Å². The minimum Gasteiger partial charge on any atom is -0.472 e. The number of pyridine rings is 1. The maximum Gasteiger partial charge on any atom is 0.257 e. The molecule has 1 aliphatic rings. The molecule has 0 aliphatic carbocycles. The van der Waals surface area contributed by atoms with Crippen LogP contribution in [-0.2, 0) is 6.42 Å². The van der Waals surface area contributed by atoms with E-state index in [9.17, 15) is 4.79 Å². The smallest absolute Gasteiger partial charge is 0.257 e. The topological polar surface area (TPSA) is 46.3 Å². The van der Waals surface area contributed by atoms with Gasteiger partial charge in [0.05, 0.1) is 11.8 Å². The highest BCUT2D eigenvalue weighted by molar-refractivity contribution is 5.93. The first-order chi connectivity index (χ1) is 9.83. The summed E-state index contributed by atoms with van der Waals surface area (Å²) in [4.78, 5) is 18.5. The Morgan fingerprint density at radius 3 is 2.80 bits per heavy atom. The monoisotopic (exact) mass is 270 g/mol. The molecule has 4 heteroatoms. The number of rotatable bonds is 3. The molecular weight excluding hydrogens is 252 g/mol. The second-order valence-electron chi connectivity index (χ2n) is 5.27. The molecule has 4 nitrogen and oxygen atoms in total. The predicted octanol–water partition coefficient (Wildman–Crippen LogP) is 2.77. The molecule has 1 amide bonds. The third-order valence-corrected chi connectivity index (χ3v) is 3.89. The highest BCUT2D eigenvalue weighted by Gasteiger charge is 2.24. The van der Waals surface area contributed by atoms with Gasteiger partial charge in [-0.05, 0) is 43.4 Å². The van der Waals surface area contributed by atoms with Gasteiger partial charge in [-0.2, -0.15) is 0 Å². The summed E-state index contributed by atoms with van der Waals surface area (Å²) < 4.78 is 4.97. The van der Waals surface area contributed by atoms with E-state index in [1.54, 1.807) is 12.3 Å². The zero-order valence-corrected chi connectivity index (χ0v) is 11.4. The van der Waals surface area contributed by atoms with Gasteiger partial charge in [0.1, 0.15) is 6.26 Å². The normalized spacial score (nSPS) is 16.3. The van der Waals surface area contributed by atoms with Crippen LogP contribution >= 0.6 is 0 Å². The zero-order chi connectivity index (χ0) is 13.8. The van der Waals surface area contributed by atoms with Gasteiger partial charge < -0.3 is 9.32 Å². The van der Waals surface area contributed by atoms with Crippen LogP contribution in [0, 0.1) is 5.92 Å². The number of carbonyl (C=O) groups excluding carboxylic acids is 1. The van der Waals surface area contributed by atoms with Gasteiger partial charge in [0.2, 0.25) is 0 Å². The van der Waals surface area contributed by atoms with Gasteiger partial charge >= 0.3 is 0 Å². The van der Waals surface area contributed by atoms with E-state index in [-0.39, 0.29) is 5.91 Å². The lowest BCUT2D eigenvalue weighted by Gasteiger charge is -2.31. The number of nitrogens with zero attached hydrogens (tertiary/aromatic N) is 2. The van der Waals surface area contributed by atoms with E-state index in [0.717, 1.165) is 38.0 Å². The van der Waals surface area contributed by atoms with Crippen LogP contribution in [0.3, 0.4) is 0 Å². The second-order valence-corrected chi connectivity index (χ2v) is 5.27. The summed E-state index contributed by atoms with van der Waals surface area (Å²) >= 11 is 0. The Morgan fingerprint density at radius 1 is 1.30 bits per heavy atom. The van der Waals surface area contributed by atoms with E-state index in [4.69, 9.17) is 4.42 Å². The Morgan fingerprint density at radius 2 is 2.15 bits per heavy atom. The summed E-state index contributed by atoms with van der Waals surface area (Å²) in [6.45, 7) is 1.64. The van der Waals surface area contributed by atoms with E-state index in [1.807, 2.05) is 23.2 Å². The molecule has 3 rings (SSSR count). The first-order valence-electron chi connectivity index (χ1n) is 7.04. The summed E-state index contributed by atoms with van der Waals surface area (Å²) in [5, 5.41) is 0. The molecule has 3 heterocycles. The van der Waals surface area contributed by atoms with Gasteiger partial charge in [0.15, 0.2) is 0 Å². The standard InChI is InChI=1S/C16H18N2O2/c19-16(14-6-10-20-12-14)18-8-4-13(5-9-18)11-15-3-1-2-7-17-15/h1-3,6-7,10,12-13H,4-5,8-9,11H2. The van der Waals surface area contributed by atoms with Crippen molar-refractivity contribution in [3.8, 4) is 0 Å². The minimum atomic E-state index is 0.0787. The van der Waals surface area contributed by atoms with Crippen molar-refractivity contribution in [2.45, 2.75) is 19.3 Å². The van der Waals surface area contributed by atoms with Crippen LogP contribution in [0.15, 0.2) is 47.4 Å². The molecule has 0 unspecified atom stereocenters. The van der Waals surface area contributed by atoms with Crippen molar-refractivity contribution in [1.82, 2.24) is 9.88 Å². The van der Waals surface area contributed by atoms with E-state index in [2.05, 4.69) is 11.1 Å². The van der Waals surface area contributed by atoms with Crippen molar-refractivity contribution >= 4 is 5.91 Å². The number of piperidine rings is 1. The molecule has 1 fully saturated rings. The summed E-state index contributed by atoms with van der Waals surface area (Å²) in [6.07, 6.45) is 7.99. The van der Waals surface area contributed by atoms with Gasteiger partial charge in [-0.15, -0.1) is 0 Å². The van der Waals surface area contributed by atoms with Crippen LogP contribution in [0.1, 0.15) is 28.9 Å². The van der Waals surface area contributed by atoms with E-state index in [1.165, 1.54) is 6.26 Å². The molecule has 1 aliphatic heterocycles. The summed E-state index contributed by atoms with van der Waals surface area (Å²) in [5.41, 5.74) is 1.79. The quantitative estimate of drug-likeness (QED) is 0.861. The molecule has 0 atom stereocenters. The van der Waals surface area contributed by atoms with Crippen molar-refractivity contribution in [3.05, 3.63) is 54.2 Å². The summed E-state index contributed by atoms with van der Waals surface area (Å²) in [5.74, 6) is 0.702. The number of furan rings is 1. The zero-order valence-electron chi connectivity index (χ0n) is 11.4. The van der Waals surface area contributed by atoms with E-state index < -0.39 is 0 Å². The first kappa shape index (κ1) is 12.9. The molecule has 0 aromatic carbocycles. The molecule has 0 spiro atoms. The van der Waals surface area contributed by atoms with Crippen LogP contribution in [0.2, 0.25) is 0 Å². The van der Waals surface area contributed by atoms with Crippen molar-refractivity contribution in [2.24, 2.45) is 5.92 Å². The lowest BCUT2D eigenvalue weighted by Crippen LogP contribution is -2.38. The lowest BCUT2D eigenvalue weighted by molar-refractivity contribution is 0.0689. The number of likely N-dealkylation sites (tertiary alicyclic amines) is 1. The van der Waals surface area contributed by atoms with Gasteiger partial charge in [-0.3, -0.25) is 9.78 Å². The molecule has 0 bridgehead atoms. The highest BCUT2D eigenvalue weighted by Crippen LogP contribution is 2.22. The van der Waals surface area contributed by atoms with Crippen molar-refractivity contribution < 1.29 is 9.21 Å². The number of amides is 1. The average molecular weight is 270 g/mol. The molecule has 2 aromatic heterocycles. The Kier molecular flexibility index (Phi) is 3.81. The fourth-order valence-electron chi connectivity index (χ4n) is 2.72. The molecular formula is C16H18N2O2. The molecule has 0 N–H and O–H groups in total. The number of hydrogen-bond acceptors (Lipinski definition) is 3. The molecule has 1 saturated heterocycles. The van der Waals surface area contributed by atoms with Gasteiger partial charge in [0.25, 0.3) is 5.91 Å². The van der Waals surface area contributed by atoms with Crippen LogP contribution in [0.5, 0.6) is 0 Å². The van der Waals surface area contributed by atoms with Crippen LogP contribution in [0.25, 0.3) is 0 Å². The third-order valence-electron chi connectivity index (χ3n) is 3.89. The minimum absolute atomic E-state index is 0.0787. The molecule has 2 aromatic rings. The average Bonchev–Trinajstić information content (AvgIpc) is 3.03. The Labute approximate surface area is 118 Å². The van der Waals surface area contributed by atoms with Gasteiger partial charge in [-0.1, -0.05) is 6.07 Å². The molecule has 0 saturated carbocycles.